The fraction of sp³-hybridized carbons (Fsp3) is 0.125. The Morgan fingerprint density at radius 3 is 2.93 bits per heavy atom. The van der Waals surface area contributed by atoms with Crippen molar-refractivity contribution in [3.05, 3.63) is 28.0 Å². The lowest BCUT2D eigenvalue weighted by Crippen LogP contribution is -1.95. The van der Waals surface area contributed by atoms with E-state index in [4.69, 9.17) is 11.6 Å². The first kappa shape index (κ1) is 9.36. The van der Waals surface area contributed by atoms with Crippen LogP contribution in [0.25, 0.3) is 5.13 Å². The van der Waals surface area contributed by atoms with Gasteiger partial charge in [0.25, 0.3) is 0 Å². The third-order valence-corrected chi connectivity index (χ3v) is 2.88. The summed E-state index contributed by atoms with van der Waals surface area (Å²) in [6.45, 7) is 1.74. The zero-order valence-electron chi connectivity index (χ0n) is 7.27. The van der Waals surface area contributed by atoms with Crippen LogP contribution in [0.1, 0.15) is 16.1 Å². The van der Waals surface area contributed by atoms with E-state index in [0.717, 1.165) is 0 Å². The van der Waals surface area contributed by atoms with Gasteiger partial charge >= 0.3 is 0 Å². The third kappa shape index (κ3) is 1.34. The quantitative estimate of drug-likeness (QED) is 0.739. The van der Waals surface area contributed by atoms with Crippen LogP contribution in [0.15, 0.2) is 11.6 Å². The SMILES string of the molecule is Cc1nn(-c2nccs2)c(Cl)c1C=O. The highest BCUT2D eigenvalue weighted by Gasteiger charge is 2.14. The van der Waals surface area contributed by atoms with Gasteiger partial charge in [-0.05, 0) is 6.92 Å². The van der Waals surface area contributed by atoms with Crippen molar-refractivity contribution >= 4 is 29.2 Å². The first-order valence-electron chi connectivity index (χ1n) is 3.84. The van der Waals surface area contributed by atoms with Crippen LogP contribution in [0, 0.1) is 6.92 Å². The Morgan fingerprint density at radius 2 is 2.43 bits per heavy atom. The van der Waals surface area contributed by atoms with E-state index < -0.39 is 0 Å². The minimum atomic E-state index is 0.312. The summed E-state index contributed by atoms with van der Waals surface area (Å²) in [5.41, 5.74) is 1.03. The number of aryl methyl sites for hydroxylation is 1. The molecule has 0 aliphatic heterocycles. The fourth-order valence-electron chi connectivity index (χ4n) is 1.09. The molecule has 2 aromatic rings. The second-order valence-corrected chi connectivity index (χ2v) is 3.87. The summed E-state index contributed by atoms with van der Waals surface area (Å²) >= 11 is 7.37. The first-order valence-corrected chi connectivity index (χ1v) is 5.10. The van der Waals surface area contributed by atoms with E-state index in [1.54, 1.807) is 13.1 Å². The molecule has 0 bridgehead atoms. The van der Waals surface area contributed by atoms with Gasteiger partial charge in [-0.2, -0.15) is 9.78 Å². The molecule has 72 valence electrons. The van der Waals surface area contributed by atoms with Gasteiger partial charge in [-0.1, -0.05) is 11.6 Å². The number of thiazole rings is 1. The topological polar surface area (TPSA) is 47.8 Å². The summed E-state index contributed by atoms with van der Waals surface area (Å²) in [5, 5.41) is 6.92. The number of aromatic nitrogens is 3. The molecule has 14 heavy (non-hydrogen) atoms. The minimum Gasteiger partial charge on any atom is -0.298 e. The molecule has 0 aromatic carbocycles. The Bertz CT molecular complexity index is 463. The largest absolute Gasteiger partial charge is 0.298 e. The highest BCUT2D eigenvalue weighted by Crippen LogP contribution is 2.22. The van der Waals surface area contributed by atoms with Gasteiger partial charge in [0.2, 0.25) is 5.13 Å². The zero-order chi connectivity index (χ0) is 10.1. The average molecular weight is 228 g/mol. The maximum atomic E-state index is 10.7. The number of carbonyl (C=O) groups is 1. The number of halogens is 1. The van der Waals surface area contributed by atoms with Crippen molar-refractivity contribution in [3.8, 4) is 5.13 Å². The van der Waals surface area contributed by atoms with Gasteiger partial charge in [-0.15, -0.1) is 11.3 Å². The summed E-state index contributed by atoms with van der Waals surface area (Å²) in [5.74, 6) is 0. The lowest BCUT2D eigenvalue weighted by atomic mass is 10.3. The molecular weight excluding hydrogens is 222 g/mol. The highest BCUT2D eigenvalue weighted by atomic mass is 35.5. The molecule has 0 saturated heterocycles. The molecule has 0 atom stereocenters. The van der Waals surface area contributed by atoms with Crippen LogP contribution in [0.5, 0.6) is 0 Å². The Labute approximate surface area is 89.2 Å². The summed E-state index contributed by atoms with van der Waals surface area (Å²) in [6.07, 6.45) is 2.36. The molecule has 2 aromatic heterocycles. The minimum absolute atomic E-state index is 0.312. The van der Waals surface area contributed by atoms with E-state index in [2.05, 4.69) is 10.1 Å². The summed E-state index contributed by atoms with van der Waals surface area (Å²) < 4.78 is 1.46. The molecule has 0 amide bonds. The van der Waals surface area contributed by atoms with Crippen LogP contribution in [-0.2, 0) is 0 Å². The predicted octanol–water partition coefficient (Wildman–Crippen LogP) is 2.10. The number of hydrogen-bond acceptors (Lipinski definition) is 4. The van der Waals surface area contributed by atoms with Crippen molar-refractivity contribution in [2.45, 2.75) is 6.92 Å². The van der Waals surface area contributed by atoms with E-state index >= 15 is 0 Å². The molecule has 0 aliphatic carbocycles. The van der Waals surface area contributed by atoms with Crippen molar-refractivity contribution in [2.24, 2.45) is 0 Å². The number of aldehydes is 1. The lowest BCUT2D eigenvalue weighted by molar-refractivity contribution is 0.112. The van der Waals surface area contributed by atoms with Crippen molar-refractivity contribution in [1.29, 1.82) is 0 Å². The van der Waals surface area contributed by atoms with Gasteiger partial charge in [0, 0.05) is 11.6 Å². The van der Waals surface area contributed by atoms with Crippen molar-refractivity contribution in [1.82, 2.24) is 14.8 Å². The number of nitrogens with zero attached hydrogens (tertiary/aromatic N) is 3. The average Bonchev–Trinajstić information content (AvgIpc) is 2.74. The molecule has 6 heteroatoms. The van der Waals surface area contributed by atoms with Gasteiger partial charge in [-0.25, -0.2) is 4.98 Å². The third-order valence-electron chi connectivity index (χ3n) is 1.77. The molecule has 0 spiro atoms. The first-order chi connectivity index (χ1) is 6.74. The summed E-state index contributed by atoms with van der Waals surface area (Å²) in [4.78, 5) is 14.7. The molecule has 0 aliphatic rings. The van der Waals surface area contributed by atoms with E-state index in [9.17, 15) is 4.79 Å². The number of carbonyl (C=O) groups excluding carboxylic acids is 1. The molecule has 4 nitrogen and oxygen atoms in total. The zero-order valence-corrected chi connectivity index (χ0v) is 8.84. The maximum Gasteiger partial charge on any atom is 0.211 e. The lowest BCUT2D eigenvalue weighted by Gasteiger charge is -1.95. The molecule has 0 saturated carbocycles. The van der Waals surface area contributed by atoms with Gasteiger partial charge in [-0.3, -0.25) is 4.79 Å². The van der Waals surface area contributed by atoms with Crippen LogP contribution in [0.4, 0.5) is 0 Å². The Hall–Kier alpha value is -1.20. The molecule has 2 heterocycles. The number of rotatable bonds is 2. The maximum absolute atomic E-state index is 10.7. The van der Waals surface area contributed by atoms with Crippen molar-refractivity contribution in [2.75, 3.05) is 0 Å². The Balaban J connectivity index is 2.61. The van der Waals surface area contributed by atoms with Gasteiger partial charge in [0.15, 0.2) is 6.29 Å². The van der Waals surface area contributed by atoms with Crippen LogP contribution in [0.2, 0.25) is 5.15 Å². The highest BCUT2D eigenvalue weighted by molar-refractivity contribution is 7.12. The van der Waals surface area contributed by atoms with Crippen LogP contribution in [-0.4, -0.2) is 21.1 Å². The Morgan fingerprint density at radius 1 is 1.64 bits per heavy atom. The van der Waals surface area contributed by atoms with Crippen molar-refractivity contribution in [3.63, 3.8) is 0 Å². The van der Waals surface area contributed by atoms with Gasteiger partial charge in [0.05, 0.1) is 11.3 Å². The van der Waals surface area contributed by atoms with E-state index in [-0.39, 0.29) is 0 Å². The fourth-order valence-corrected chi connectivity index (χ4v) is 2.04. The monoisotopic (exact) mass is 227 g/mol. The Kier molecular flexibility index (Phi) is 2.35. The van der Waals surface area contributed by atoms with E-state index in [0.29, 0.717) is 27.8 Å². The van der Waals surface area contributed by atoms with Gasteiger partial charge < -0.3 is 0 Å². The number of hydrogen-bond donors (Lipinski definition) is 0. The molecule has 0 fully saturated rings. The second-order valence-electron chi connectivity index (χ2n) is 2.63. The van der Waals surface area contributed by atoms with Crippen LogP contribution in [0.3, 0.4) is 0 Å². The summed E-state index contributed by atoms with van der Waals surface area (Å²) in [7, 11) is 0. The molecular formula is C8H6ClN3OS. The summed E-state index contributed by atoms with van der Waals surface area (Å²) in [6, 6.07) is 0. The van der Waals surface area contributed by atoms with Crippen molar-refractivity contribution < 1.29 is 4.79 Å². The molecule has 0 N–H and O–H groups in total. The van der Waals surface area contributed by atoms with E-state index in [1.807, 2.05) is 5.38 Å². The van der Waals surface area contributed by atoms with Gasteiger partial charge in [0.1, 0.15) is 5.15 Å². The second kappa shape index (κ2) is 3.51. The van der Waals surface area contributed by atoms with Crippen LogP contribution < -0.4 is 0 Å². The smallest absolute Gasteiger partial charge is 0.211 e. The normalized spacial score (nSPS) is 10.4. The molecule has 0 radical (unpaired) electrons. The van der Waals surface area contributed by atoms with Crippen LogP contribution >= 0.6 is 22.9 Å². The molecule has 2 rings (SSSR count). The standard InChI is InChI=1S/C8H6ClN3OS/c1-5-6(4-13)7(9)12(11-5)8-10-2-3-14-8/h2-4H,1H3. The predicted molar refractivity (Wildman–Crippen MR) is 54.4 cm³/mol. The molecule has 0 unspecified atom stereocenters. The van der Waals surface area contributed by atoms with E-state index in [1.165, 1.54) is 16.0 Å².